The standard InChI is InChI=1S/C18H17N3O4S2/c1-27(24,25)15-7-8-16(17(11-15)21(22)23)19-10-9-14-12-26-18(20-14)13-5-3-2-4-6-13/h2-8,11-12,19H,9-10H2,1H3. The Labute approximate surface area is 160 Å². The van der Waals surface area contributed by atoms with Crippen molar-refractivity contribution in [2.24, 2.45) is 0 Å². The average Bonchev–Trinajstić information content (AvgIpc) is 3.10. The van der Waals surface area contributed by atoms with E-state index in [0.29, 0.717) is 13.0 Å². The van der Waals surface area contributed by atoms with Crippen molar-refractivity contribution in [3.8, 4) is 10.6 Å². The van der Waals surface area contributed by atoms with Gasteiger partial charge >= 0.3 is 0 Å². The normalized spacial score (nSPS) is 11.3. The summed E-state index contributed by atoms with van der Waals surface area (Å²) in [4.78, 5) is 15.2. The zero-order chi connectivity index (χ0) is 19.4. The number of nitrogens with one attached hydrogen (secondary N) is 1. The lowest BCUT2D eigenvalue weighted by Gasteiger charge is -2.07. The van der Waals surface area contributed by atoms with Crippen LogP contribution in [0.15, 0.2) is 58.8 Å². The minimum absolute atomic E-state index is 0.0771. The summed E-state index contributed by atoms with van der Waals surface area (Å²) in [6, 6.07) is 13.7. The first kappa shape index (κ1) is 19.0. The molecular weight excluding hydrogens is 386 g/mol. The third-order valence-electron chi connectivity index (χ3n) is 3.86. The van der Waals surface area contributed by atoms with E-state index >= 15 is 0 Å². The van der Waals surface area contributed by atoms with Gasteiger partial charge in [0.1, 0.15) is 10.7 Å². The predicted molar refractivity (Wildman–Crippen MR) is 106 cm³/mol. The molecule has 3 aromatic rings. The monoisotopic (exact) mass is 403 g/mol. The van der Waals surface area contributed by atoms with E-state index < -0.39 is 14.8 Å². The number of nitro benzene ring substituents is 1. The summed E-state index contributed by atoms with van der Waals surface area (Å²) in [6.07, 6.45) is 1.61. The molecular formula is C18H17N3O4S2. The van der Waals surface area contributed by atoms with Crippen molar-refractivity contribution >= 4 is 32.5 Å². The van der Waals surface area contributed by atoms with Crippen LogP contribution >= 0.6 is 11.3 Å². The van der Waals surface area contributed by atoms with E-state index in [9.17, 15) is 18.5 Å². The molecule has 0 unspecified atom stereocenters. The van der Waals surface area contributed by atoms with Crippen LogP contribution in [0, 0.1) is 10.1 Å². The van der Waals surface area contributed by atoms with E-state index in [2.05, 4.69) is 10.3 Å². The van der Waals surface area contributed by atoms with E-state index in [4.69, 9.17) is 0 Å². The second kappa shape index (κ2) is 7.85. The van der Waals surface area contributed by atoms with E-state index in [1.807, 2.05) is 35.7 Å². The molecule has 0 spiro atoms. The Bertz CT molecular complexity index is 1060. The minimum atomic E-state index is -3.50. The van der Waals surface area contributed by atoms with Crippen molar-refractivity contribution in [1.29, 1.82) is 0 Å². The number of aromatic nitrogens is 1. The van der Waals surface area contributed by atoms with Crippen molar-refractivity contribution in [3.63, 3.8) is 0 Å². The van der Waals surface area contributed by atoms with E-state index in [1.165, 1.54) is 12.1 Å². The predicted octanol–water partition coefficient (Wildman–Crippen LogP) is 3.78. The largest absolute Gasteiger partial charge is 0.379 e. The SMILES string of the molecule is CS(=O)(=O)c1ccc(NCCc2csc(-c3ccccc3)n2)c([N+](=O)[O-])c1. The number of nitro groups is 1. The fourth-order valence-corrected chi connectivity index (χ4v) is 4.00. The zero-order valence-electron chi connectivity index (χ0n) is 14.5. The van der Waals surface area contributed by atoms with E-state index in [-0.39, 0.29) is 16.3 Å². The van der Waals surface area contributed by atoms with Crippen LogP contribution in [0.3, 0.4) is 0 Å². The van der Waals surface area contributed by atoms with Crippen molar-refractivity contribution in [1.82, 2.24) is 4.98 Å². The quantitative estimate of drug-likeness (QED) is 0.476. The summed E-state index contributed by atoms with van der Waals surface area (Å²) in [6.45, 7) is 0.441. The van der Waals surface area contributed by atoms with Gasteiger partial charge in [-0.05, 0) is 12.1 Å². The van der Waals surface area contributed by atoms with Gasteiger partial charge in [0, 0.05) is 36.2 Å². The highest BCUT2D eigenvalue weighted by Crippen LogP contribution is 2.28. The zero-order valence-corrected chi connectivity index (χ0v) is 16.1. The molecule has 1 N–H and O–H groups in total. The molecule has 0 radical (unpaired) electrons. The summed E-state index contributed by atoms with van der Waals surface area (Å²) in [5.74, 6) is 0. The van der Waals surface area contributed by atoms with E-state index in [1.54, 1.807) is 11.3 Å². The summed E-state index contributed by atoms with van der Waals surface area (Å²) < 4.78 is 23.2. The topological polar surface area (TPSA) is 102 Å². The first-order valence-electron chi connectivity index (χ1n) is 8.07. The number of hydrogen-bond donors (Lipinski definition) is 1. The number of anilines is 1. The molecule has 3 rings (SSSR count). The van der Waals surface area contributed by atoms with Crippen molar-refractivity contribution in [3.05, 3.63) is 69.7 Å². The molecule has 0 amide bonds. The Morgan fingerprint density at radius 3 is 2.59 bits per heavy atom. The third-order valence-corrected chi connectivity index (χ3v) is 5.91. The third kappa shape index (κ3) is 4.69. The summed E-state index contributed by atoms with van der Waals surface area (Å²) in [5, 5.41) is 17.1. The highest BCUT2D eigenvalue weighted by atomic mass is 32.2. The van der Waals surface area contributed by atoms with Crippen LogP contribution in [0.1, 0.15) is 5.69 Å². The van der Waals surface area contributed by atoms with Gasteiger partial charge < -0.3 is 5.32 Å². The molecule has 0 saturated heterocycles. The maximum absolute atomic E-state index is 11.6. The summed E-state index contributed by atoms with van der Waals surface area (Å²) >= 11 is 1.55. The molecule has 1 aromatic heterocycles. The molecule has 0 fully saturated rings. The Kier molecular flexibility index (Phi) is 5.52. The minimum Gasteiger partial charge on any atom is -0.379 e. The summed E-state index contributed by atoms with van der Waals surface area (Å²) in [7, 11) is -3.50. The Balaban J connectivity index is 1.69. The maximum atomic E-state index is 11.6. The number of rotatable bonds is 7. The van der Waals surface area contributed by atoms with E-state index in [0.717, 1.165) is 28.6 Å². The van der Waals surface area contributed by atoms with Crippen LogP contribution in [0.2, 0.25) is 0 Å². The molecule has 27 heavy (non-hydrogen) atoms. The Morgan fingerprint density at radius 2 is 1.93 bits per heavy atom. The van der Waals surface area contributed by atoms with Crippen LogP contribution in [0.4, 0.5) is 11.4 Å². The van der Waals surface area contributed by atoms with Gasteiger partial charge in [-0.25, -0.2) is 13.4 Å². The van der Waals surface area contributed by atoms with Crippen molar-refractivity contribution in [2.45, 2.75) is 11.3 Å². The first-order chi connectivity index (χ1) is 12.8. The first-order valence-corrected chi connectivity index (χ1v) is 10.8. The highest BCUT2D eigenvalue weighted by molar-refractivity contribution is 7.90. The number of hydrogen-bond acceptors (Lipinski definition) is 7. The van der Waals surface area contributed by atoms with Gasteiger partial charge in [0.2, 0.25) is 0 Å². The van der Waals surface area contributed by atoms with Gasteiger partial charge in [-0.3, -0.25) is 10.1 Å². The van der Waals surface area contributed by atoms with Gasteiger partial charge in [0.05, 0.1) is 15.5 Å². The maximum Gasteiger partial charge on any atom is 0.293 e. The number of thiazole rings is 1. The molecule has 0 saturated carbocycles. The van der Waals surface area contributed by atoms with Gasteiger partial charge in [0.25, 0.3) is 5.69 Å². The molecule has 0 aliphatic carbocycles. The smallest absolute Gasteiger partial charge is 0.293 e. The van der Waals surface area contributed by atoms with Crippen LogP contribution < -0.4 is 5.32 Å². The Morgan fingerprint density at radius 1 is 1.19 bits per heavy atom. The molecule has 7 nitrogen and oxygen atoms in total. The molecule has 9 heteroatoms. The second-order valence-electron chi connectivity index (χ2n) is 5.90. The fraction of sp³-hybridized carbons (Fsp3) is 0.167. The lowest BCUT2D eigenvalue weighted by Crippen LogP contribution is -2.08. The molecule has 140 valence electrons. The average molecular weight is 403 g/mol. The van der Waals surface area contributed by atoms with Gasteiger partial charge in [0.15, 0.2) is 9.84 Å². The van der Waals surface area contributed by atoms with Gasteiger partial charge in [-0.2, -0.15) is 0 Å². The lowest BCUT2D eigenvalue weighted by molar-refractivity contribution is -0.384. The van der Waals surface area contributed by atoms with Crippen molar-refractivity contribution < 1.29 is 13.3 Å². The number of sulfone groups is 1. The lowest BCUT2D eigenvalue weighted by atomic mass is 10.2. The van der Waals surface area contributed by atoms with Gasteiger partial charge in [-0.1, -0.05) is 30.3 Å². The summed E-state index contributed by atoms with van der Waals surface area (Å²) in [5.41, 5.74) is 1.96. The molecule has 0 aliphatic heterocycles. The highest BCUT2D eigenvalue weighted by Gasteiger charge is 2.18. The van der Waals surface area contributed by atoms with Crippen LogP contribution in [0.25, 0.3) is 10.6 Å². The molecule has 2 aromatic carbocycles. The number of nitrogens with zero attached hydrogens (tertiary/aromatic N) is 2. The van der Waals surface area contributed by atoms with Crippen LogP contribution in [-0.4, -0.2) is 31.1 Å². The molecule has 0 atom stereocenters. The van der Waals surface area contributed by atoms with Crippen LogP contribution in [-0.2, 0) is 16.3 Å². The van der Waals surface area contributed by atoms with Crippen LogP contribution in [0.5, 0.6) is 0 Å². The second-order valence-corrected chi connectivity index (χ2v) is 8.77. The van der Waals surface area contributed by atoms with Gasteiger partial charge in [-0.15, -0.1) is 11.3 Å². The molecule has 0 bridgehead atoms. The Hall–Kier alpha value is -2.78. The molecule has 0 aliphatic rings. The van der Waals surface area contributed by atoms with Crippen molar-refractivity contribution in [2.75, 3.05) is 18.1 Å². The number of benzene rings is 2. The molecule has 1 heterocycles. The fourth-order valence-electron chi connectivity index (χ4n) is 2.50.